The summed E-state index contributed by atoms with van der Waals surface area (Å²) in [7, 11) is 3.55. The summed E-state index contributed by atoms with van der Waals surface area (Å²) in [4.78, 5) is 0. The lowest BCUT2D eigenvalue weighted by molar-refractivity contribution is -0.0510. The zero-order valence-corrected chi connectivity index (χ0v) is 9.96. The maximum absolute atomic E-state index is 5.64. The van der Waals surface area contributed by atoms with Gasteiger partial charge < -0.3 is 9.47 Å². The highest BCUT2D eigenvalue weighted by molar-refractivity contribution is 5.15. The summed E-state index contributed by atoms with van der Waals surface area (Å²) in [5.74, 6) is 0.505. The first-order valence-corrected chi connectivity index (χ1v) is 5.29. The first-order valence-electron chi connectivity index (χ1n) is 5.29. The molecule has 2 nitrogen and oxygen atoms in total. The molecule has 0 fully saturated rings. The number of hydrogen-bond acceptors (Lipinski definition) is 2. The van der Waals surface area contributed by atoms with E-state index in [9.17, 15) is 0 Å². The van der Waals surface area contributed by atoms with E-state index >= 15 is 0 Å². The predicted molar refractivity (Wildman–Crippen MR) is 58.4 cm³/mol. The minimum atomic E-state index is -0.100. The van der Waals surface area contributed by atoms with E-state index in [0.29, 0.717) is 5.92 Å². The van der Waals surface area contributed by atoms with Crippen molar-refractivity contribution >= 4 is 0 Å². The van der Waals surface area contributed by atoms with E-state index in [2.05, 4.69) is 32.9 Å². The van der Waals surface area contributed by atoms with Crippen LogP contribution in [0, 0.1) is 5.92 Å². The van der Waals surface area contributed by atoms with E-state index in [4.69, 9.17) is 9.47 Å². The second kappa shape index (κ2) is 4.03. The van der Waals surface area contributed by atoms with Crippen LogP contribution in [0.2, 0.25) is 0 Å². The molecule has 0 N–H and O–H groups in total. The van der Waals surface area contributed by atoms with Crippen molar-refractivity contribution < 1.29 is 9.47 Å². The minimum absolute atomic E-state index is 0.0853. The van der Waals surface area contributed by atoms with E-state index in [-0.39, 0.29) is 11.2 Å². The Labute approximate surface area is 87.3 Å². The lowest BCUT2D eigenvalue weighted by Crippen LogP contribution is -2.42. The van der Waals surface area contributed by atoms with Crippen molar-refractivity contribution in [2.75, 3.05) is 14.2 Å². The van der Waals surface area contributed by atoms with Gasteiger partial charge in [-0.3, -0.25) is 0 Å². The van der Waals surface area contributed by atoms with Crippen LogP contribution in [0.3, 0.4) is 0 Å². The summed E-state index contributed by atoms with van der Waals surface area (Å²) >= 11 is 0. The first-order chi connectivity index (χ1) is 6.48. The van der Waals surface area contributed by atoms with Gasteiger partial charge in [-0.1, -0.05) is 26.0 Å². The molecule has 0 aromatic heterocycles. The largest absolute Gasteiger partial charge is 0.374 e. The molecule has 1 aliphatic rings. The third-order valence-electron chi connectivity index (χ3n) is 3.55. The summed E-state index contributed by atoms with van der Waals surface area (Å²) < 4.78 is 11.1. The highest BCUT2D eigenvalue weighted by Gasteiger charge is 2.38. The molecule has 0 unspecified atom stereocenters. The van der Waals surface area contributed by atoms with E-state index < -0.39 is 0 Å². The van der Waals surface area contributed by atoms with Gasteiger partial charge in [0.1, 0.15) is 0 Å². The molecule has 0 saturated carbocycles. The molecule has 0 saturated heterocycles. The van der Waals surface area contributed by atoms with Gasteiger partial charge in [0.2, 0.25) is 0 Å². The number of hydrogen-bond donors (Lipinski definition) is 0. The molecule has 82 valence electrons. The Morgan fingerprint density at radius 1 is 1.07 bits per heavy atom. The average Bonchev–Trinajstić information content (AvgIpc) is 2.19. The van der Waals surface area contributed by atoms with Crippen molar-refractivity contribution in [3.63, 3.8) is 0 Å². The smallest absolute Gasteiger partial charge is 0.0883 e. The van der Waals surface area contributed by atoms with Crippen LogP contribution in [0.5, 0.6) is 0 Å². The second-order valence-electron chi connectivity index (χ2n) is 4.66. The van der Waals surface area contributed by atoms with Crippen molar-refractivity contribution in [2.24, 2.45) is 5.92 Å². The van der Waals surface area contributed by atoms with Crippen LogP contribution < -0.4 is 0 Å². The van der Waals surface area contributed by atoms with Crippen molar-refractivity contribution in [3.8, 4) is 0 Å². The zero-order chi connectivity index (χ0) is 10.8. The minimum Gasteiger partial charge on any atom is -0.374 e. The standard InChI is InChI=1S/C12H22O2/c1-10(2)12(14-5)8-6-11(3,13-4)7-9-12/h6,8,10H,7,9H2,1-5H3/t11-,12+/m0/s1. The Balaban J connectivity index is 2.84. The van der Waals surface area contributed by atoms with Gasteiger partial charge in [0.05, 0.1) is 11.2 Å². The highest BCUT2D eigenvalue weighted by Crippen LogP contribution is 2.37. The predicted octanol–water partition coefficient (Wildman–Crippen LogP) is 2.78. The Morgan fingerprint density at radius 3 is 2.00 bits per heavy atom. The lowest BCUT2D eigenvalue weighted by Gasteiger charge is -2.41. The van der Waals surface area contributed by atoms with Gasteiger partial charge in [0.25, 0.3) is 0 Å². The molecule has 1 aliphatic carbocycles. The van der Waals surface area contributed by atoms with Gasteiger partial charge in [0, 0.05) is 14.2 Å². The Hall–Kier alpha value is -0.340. The van der Waals surface area contributed by atoms with Gasteiger partial charge in [-0.25, -0.2) is 0 Å². The second-order valence-corrected chi connectivity index (χ2v) is 4.66. The van der Waals surface area contributed by atoms with Crippen LogP contribution in [0.1, 0.15) is 33.6 Å². The molecule has 0 aliphatic heterocycles. The summed E-state index contributed by atoms with van der Waals surface area (Å²) in [6.45, 7) is 6.51. The highest BCUT2D eigenvalue weighted by atomic mass is 16.5. The fraction of sp³-hybridized carbons (Fsp3) is 0.833. The van der Waals surface area contributed by atoms with Crippen molar-refractivity contribution in [1.29, 1.82) is 0 Å². The lowest BCUT2D eigenvalue weighted by atomic mass is 9.77. The van der Waals surface area contributed by atoms with Gasteiger partial charge in [-0.05, 0) is 25.7 Å². The molecule has 0 radical (unpaired) electrons. The molecule has 2 atom stereocenters. The van der Waals surface area contributed by atoms with Gasteiger partial charge >= 0.3 is 0 Å². The molecule has 2 heteroatoms. The van der Waals surface area contributed by atoms with E-state index in [1.165, 1.54) is 0 Å². The summed E-state index contributed by atoms with van der Waals surface area (Å²) in [6, 6.07) is 0. The van der Waals surface area contributed by atoms with E-state index in [1.54, 1.807) is 14.2 Å². The van der Waals surface area contributed by atoms with Crippen LogP contribution in [0.15, 0.2) is 12.2 Å². The van der Waals surface area contributed by atoms with E-state index in [0.717, 1.165) is 12.8 Å². The Kier molecular flexibility index (Phi) is 3.38. The number of ether oxygens (including phenoxy) is 2. The van der Waals surface area contributed by atoms with Gasteiger partial charge in [-0.15, -0.1) is 0 Å². The molecular weight excluding hydrogens is 176 g/mol. The SMILES string of the molecule is CO[C@@]1(C)C=C[C@](OC)(C(C)C)CC1. The van der Waals surface area contributed by atoms with Crippen LogP contribution in [-0.2, 0) is 9.47 Å². The molecule has 0 bridgehead atoms. The molecule has 0 aromatic rings. The molecule has 1 rings (SSSR count). The molecule has 0 spiro atoms. The van der Waals surface area contributed by atoms with Gasteiger partial charge in [0.15, 0.2) is 0 Å². The number of rotatable bonds is 3. The average molecular weight is 198 g/mol. The third kappa shape index (κ3) is 2.01. The molecular formula is C12H22O2. The molecule has 0 heterocycles. The van der Waals surface area contributed by atoms with Crippen LogP contribution >= 0.6 is 0 Å². The first kappa shape index (κ1) is 11.7. The normalized spacial score (nSPS) is 37.9. The van der Waals surface area contributed by atoms with Crippen LogP contribution in [-0.4, -0.2) is 25.4 Å². The van der Waals surface area contributed by atoms with Crippen molar-refractivity contribution in [1.82, 2.24) is 0 Å². The maximum atomic E-state index is 5.64. The maximum Gasteiger partial charge on any atom is 0.0883 e. The zero-order valence-electron chi connectivity index (χ0n) is 9.96. The summed E-state index contributed by atoms with van der Waals surface area (Å²) in [5.41, 5.74) is -0.186. The van der Waals surface area contributed by atoms with Crippen LogP contribution in [0.25, 0.3) is 0 Å². The van der Waals surface area contributed by atoms with Crippen molar-refractivity contribution in [2.45, 2.75) is 44.8 Å². The van der Waals surface area contributed by atoms with Gasteiger partial charge in [-0.2, -0.15) is 0 Å². The third-order valence-corrected chi connectivity index (χ3v) is 3.55. The Morgan fingerprint density at radius 2 is 1.71 bits per heavy atom. The molecule has 0 amide bonds. The fourth-order valence-electron chi connectivity index (χ4n) is 1.98. The number of methoxy groups -OCH3 is 2. The summed E-state index contributed by atoms with van der Waals surface area (Å²) in [5, 5.41) is 0. The fourth-order valence-corrected chi connectivity index (χ4v) is 1.98. The quantitative estimate of drug-likeness (QED) is 0.649. The van der Waals surface area contributed by atoms with Crippen LogP contribution in [0.4, 0.5) is 0 Å². The molecule has 14 heavy (non-hydrogen) atoms. The monoisotopic (exact) mass is 198 g/mol. The van der Waals surface area contributed by atoms with E-state index in [1.807, 2.05) is 0 Å². The summed E-state index contributed by atoms with van der Waals surface area (Å²) in [6.07, 6.45) is 6.36. The Bertz CT molecular complexity index is 222. The topological polar surface area (TPSA) is 18.5 Å². The van der Waals surface area contributed by atoms with Crippen molar-refractivity contribution in [3.05, 3.63) is 12.2 Å². The molecule has 0 aromatic carbocycles.